The SMILES string of the molecule is CCC1CN(C(C)=O)CCC1CC(=O)NCc1ccccc1OC. The summed E-state index contributed by atoms with van der Waals surface area (Å²) in [5.41, 5.74) is 0.979. The van der Waals surface area contributed by atoms with Crippen LogP contribution in [0, 0.1) is 11.8 Å². The molecule has 132 valence electrons. The Balaban J connectivity index is 1.86. The molecule has 2 atom stereocenters. The first-order valence-corrected chi connectivity index (χ1v) is 8.69. The number of carbonyl (C=O) groups is 2. The number of carbonyl (C=O) groups excluding carboxylic acids is 2. The summed E-state index contributed by atoms with van der Waals surface area (Å²) in [4.78, 5) is 25.8. The van der Waals surface area contributed by atoms with Crippen LogP contribution >= 0.6 is 0 Å². The van der Waals surface area contributed by atoms with Gasteiger partial charge in [-0.25, -0.2) is 0 Å². The zero-order chi connectivity index (χ0) is 17.5. The quantitative estimate of drug-likeness (QED) is 0.871. The molecule has 2 unspecified atom stereocenters. The third kappa shape index (κ3) is 4.73. The van der Waals surface area contributed by atoms with Gasteiger partial charge in [0, 0.05) is 38.5 Å². The lowest BCUT2D eigenvalue weighted by Crippen LogP contribution is -2.43. The van der Waals surface area contributed by atoms with Crippen molar-refractivity contribution in [2.45, 2.75) is 39.7 Å². The fraction of sp³-hybridized carbons (Fsp3) is 0.579. The largest absolute Gasteiger partial charge is 0.496 e. The molecule has 0 spiro atoms. The highest BCUT2D eigenvalue weighted by Crippen LogP contribution is 2.29. The van der Waals surface area contributed by atoms with E-state index in [1.54, 1.807) is 14.0 Å². The number of methoxy groups -OCH3 is 1. The molecular formula is C19H28N2O3. The zero-order valence-electron chi connectivity index (χ0n) is 14.9. The van der Waals surface area contributed by atoms with Crippen LogP contribution in [-0.4, -0.2) is 36.9 Å². The molecule has 1 saturated heterocycles. The molecule has 1 heterocycles. The smallest absolute Gasteiger partial charge is 0.220 e. The molecule has 1 aliphatic heterocycles. The van der Waals surface area contributed by atoms with Gasteiger partial charge in [0.15, 0.2) is 0 Å². The summed E-state index contributed by atoms with van der Waals surface area (Å²) in [5.74, 6) is 1.75. The summed E-state index contributed by atoms with van der Waals surface area (Å²) in [5, 5.41) is 3.00. The first kappa shape index (κ1) is 18.3. The van der Waals surface area contributed by atoms with Gasteiger partial charge in [-0.2, -0.15) is 0 Å². The Kier molecular flexibility index (Phi) is 6.64. The maximum Gasteiger partial charge on any atom is 0.220 e. The minimum absolute atomic E-state index is 0.0700. The third-order valence-electron chi connectivity index (χ3n) is 4.98. The molecule has 2 rings (SSSR count). The summed E-state index contributed by atoms with van der Waals surface area (Å²) < 4.78 is 5.31. The number of nitrogens with zero attached hydrogens (tertiary/aromatic N) is 1. The third-order valence-corrected chi connectivity index (χ3v) is 4.98. The molecule has 1 aromatic rings. The predicted octanol–water partition coefficient (Wildman–Crippen LogP) is 2.60. The van der Waals surface area contributed by atoms with Crippen LogP contribution in [0.2, 0.25) is 0 Å². The number of piperidine rings is 1. The van der Waals surface area contributed by atoms with Crippen LogP contribution in [0.1, 0.15) is 38.7 Å². The highest BCUT2D eigenvalue weighted by Gasteiger charge is 2.30. The number of nitrogens with one attached hydrogen (secondary N) is 1. The van der Waals surface area contributed by atoms with E-state index >= 15 is 0 Å². The van der Waals surface area contributed by atoms with Crippen LogP contribution in [0.4, 0.5) is 0 Å². The Morgan fingerprint density at radius 2 is 2.04 bits per heavy atom. The summed E-state index contributed by atoms with van der Waals surface area (Å²) in [6, 6.07) is 7.71. The van der Waals surface area contributed by atoms with E-state index in [1.807, 2.05) is 29.2 Å². The van der Waals surface area contributed by atoms with Gasteiger partial charge in [0.2, 0.25) is 11.8 Å². The van der Waals surface area contributed by atoms with Crippen molar-refractivity contribution in [1.29, 1.82) is 0 Å². The molecule has 24 heavy (non-hydrogen) atoms. The van der Waals surface area contributed by atoms with Crippen molar-refractivity contribution in [3.05, 3.63) is 29.8 Å². The average molecular weight is 332 g/mol. The van der Waals surface area contributed by atoms with E-state index in [0.717, 1.165) is 37.2 Å². The van der Waals surface area contributed by atoms with Crippen molar-refractivity contribution in [2.24, 2.45) is 11.8 Å². The summed E-state index contributed by atoms with van der Waals surface area (Å²) in [7, 11) is 1.63. The Labute approximate surface area is 144 Å². The molecule has 1 fully saturated rings. The number of ether oxygens (including phenoxy) is 1. The first-order chi connectivity index (χ1) is 11.5. The molecule has 0 bridgehead atoms. The number of hydrogen-bond acceptors (Lipinski definition) is 3. The van der Waals surface area contributed by atoms with E-state index in [1.165, 1.54) is 0 Å². The molecule has 0 saturated carbocycles. The van der Waals surface area contributed by atoms with Gasteiger partial charge in [-0.05, 0) is 24.3 Å². The average Bonchev–Trinajstić information content (AvgIpc) is 2.60. The van der Waals surface area contributed by atoms with Crippen molar-refractivity contribution in [1.82, 2.24) is 10.2 Å². The number of rotatable bonds is 6. The van der Waals surface area contributed by atoms with E-state index in [-0.39, 0.29) is 11.8 Å². The number of para-hydroxylation sites is 1. The molecule has 0 aromatic heterocycles. The molecule has 1 N–H and O–H groups in total. The standard InChI is InChI=1S/C19H28N2O3/c1-4-15-13-21(14(2)22)10-9-16(15)11-19(23)20-12-17-7-5-6-8-18(17)24-3/h5-8,15-16H,4,9-13H2,1-3H3,(H,20,23). The Bertz CT molecular complexity index is 573. The summed E-state index contributed by atoms with van der Waals surface area (Å²) in [6.45, 7) is 5.76. The Morgan fingerprint density at radius 1 is 1.29 bits per heavy atom. The maximum absolute atomic E-state index is 12.3. The highest BCUT2D eigenvalue weighted by molar-refractivity contribution is 5.76. The van der Waals surface area contributed by atoms with Gasteiger partial charge in [-0.3, -0.25) is 9.59 Å². The van der Waals surface area contributed by atoms with Crippen LogP contribution in [0.15, 0.2) is 24.3 Å². The van der Waals surface area contributed by atoms with E-state index < -0.39 is 0 Å². The van der Waals surface area contributed by atoms with Crippen molar-refractivity contribution in [3.63, 3.8) is 0 Å². The zero-order valence-corrected chi connectivity index (χ0v) is 14.9. The van der Waals surface area contributed by atoms with Gasteiger partial charge < -0.3 is 15.0 Å². The number of hydrogen-bond donors (Lipinski definition) is 1. The lowest BCUT2D eigenvalue weighted by atomic mass is 9.81. The topological polar surface area (TPSA) is 58.6 Å². The Hall–Kier alpha value is -2.04. The molecule has 1 aromatic carbocycles. The van der Waals surface area contributed by atoms with E-state index in [4.69, 9.17) is 4.74 Å². The van der Waals surface area contributed by atoms with E-state index in [0.29, 0.717) is 24.8 Å². The van der Waals surface area contributed by atoms with Gasteiger partial charge >= 0.3 is 0 Å². The van der Waals surface area contributed by atoms with Crippen LogP contribution in [-0.2, 0) is 16.1 Å². The normalized spacial score (nSPS) is 20.5. The molecule has 1 aliphatic rings. The van der Waals surface area contributed by atoms with Crippen LogP contribution in [0.25, 0.3) is 0 Å². The summed E-state index contributed by atoms with van der Waals surface area (Å²) >= 11 is 0. The first-order valence-electron chi connectivity index (χ1n) is 8.69. The monoisotopic (exact) mass is 332 g/mol. The number of likely N-dealkylation sites (tertiary alicyclic amines) is 1. The predicted molar refractivity (Wildman–Crippen MR) is 93.6 cm³/mol. The molecule has 2 amide bonds. The lowest BCUT2D eigenvalue weighted by molar-refractivity contribution is -0.132. The Morgan fingerprint density at radius 3 is 2.71 bits per heavy atom. The van der Waals surface area contributed by atoms with Crippen molar-refractivity contribution >= 4 is 11.8 Å². The fourth-order valence-electron chi connectivity index (χ4n) is 3.45. The maximum atomic E-state index is 12.3. The van der Waals surface area contributed by atoms with Gasteiger partial charge in [0.05, 0.1) is 7.11 Å². The minimum atomic E-state index is 0.0700. The van der Waals surface area contributed by atoms with Crippen molar-refractivity contribution in [3.8, 4) is 5.75 Å². The van der Waals surface area contributed by atoms with Crippen LogP contribution < -0.4 is 10.1 Å². The highest BCUT2D eigenvalue weighted by atomic mass is 16.5. The minimum Gasteiger partial charge on any atom is -0.496 e. The second-order valence-corrected chi connectivity index (χ2v) is 6.47. The molecule has 0 aliphatic carbocycles. The molecule has 5 heteroatoms. The summed E-state index contributed by atoms with van der Waals surface area (Å²) in [6.07, 6.45) is 2.42. The molecular weight excluding hydrogens is 304 g/mol. The second kappa shape index (κ2) is 8.71. The number of amides is 2. The second-order valence-electron chi connectivity index (χ2n) is 6.47. The van der Waals surface area contributed by atoms with Gasteiger partial charge in [0.1, 0.15) is 5.75 Å². The molecule has 0 radical (unpaired) electrons. The lowest BCUT2D eigenvalue weighted by Gasteiger charge is -2.37. The van der Waals surface area contributed by atoms with E-state index in [2.05, 4.69) is 12.2 Å². The van der Waals surface area contributed by atoms with Gasteiger partial charge in [-0.1, -0.05) is 31.5 Å². The van der Waals surface area contributed by atoms with Crippen molar-refractivity contribution in [2.75, 3.05) is 20.2 Å². The van der Waals surface area contributed by atoms with E-state index in [9.17, 15) is 9.59 Å². The van der Waals surface area contributed by atoms with Crippen LogP contribution in [0.5, 0.6) is 5.75 Å². The fourth-order valence-corrected chi connectivity index (χ4v) is 3.45. The van der Waals surface area contributed by atoms with Gasteiger partial charge in [-0.15, -0.1) is 0 Å². The van der Waals surface area contributed by atoms with Crippen molar-refractivity contribution < 1.29 is 14.3 Å². The van der Waals surface area contributed by atoms with Gasteiger partial charge in [0.25, 0.3) is 0 Å². The molecule has 5 nitrogen and oxygen atoms in total. The van der Waals surface area contributed by atoms with Crippen LogP contribution in [0.3, 0.4) is 0 Å². The number of benzene rings is 1.